The lowest BCUT2D eigenvalue weighted by molar-refractivity contribution is -0.116. The largest absolute Gasteiger partial charge is 0.339 e. The summed E-state index contributed by atoms with van der Waals surface area (Å²) in [5.41, 5.74) is 3.28. The van der Waals surface area contributed by atoms with Crippen LogP contribution in [0.5, 0.6) is 0 Å². The van der Waals surface area contributed by atoms with Crippen LogP contribution < -0.4 is 10.2 Å². The van der Waals surface area contributed by atoms with Crippen molar-refractivity contribution in [3.05, 3.63) is 71.4 Å². The predicted octanol–water partition coefficient (Wildman–Crippen LogP) is 4.53. The first-order chi connectivity index (χ1) is 15.3. The molecule has 0 spiro atoms. The van der Waals surface area contributed by atoms with E-state index in [1.807, 2.05) is 43.9 Å². The van der Waals surface area contributed by atoms with Gasteiger partial charge in [-0.1, -0.05) is 44.1 Å². The molecule has 7 nitrogen and oxygen atoms in total. The summed E-state index contributed by atoms with van der Waals surface area (Å²) in [4.78, 5) is 31.4. The first-order valence-corrected chi connectivity index (χ1v) is 10.9. The number of benzene rings is 2. The normalized spacial score (nSPS) is 13.2. The molecule has 3 aromatic rings. The molecule has 1 N–H and O–H groups in total. The van der Waals surface area contributed by atoms with Crippen LogP contribution in [0.25, 0.3) is 0 Å². The number of nitrogens with zero attached hydrogens (tertiary/aromatic N) is 3. The minimum absolute atomic E-state index is 0.0259. The van der Waals surface area contributed by atoms with E-state index < -0.39 is 0 Å². The van der Waals surface area contributed by atoms with Gasteiger partial charge in [0.1, 0.15) is 0 Å². The smallest absolute Gasteiger partial charge is 0.258 e. The van der Waals surface area contributed by atoms with Crippen LogP contribution in [0, 0.1) is 0 Å². The van der Waals surface area contributed by atoms with Gasteiger partial charge in [0.05, 0.1) is 0 Å². The summed E-state index contributed by atoms with van der Waals surface area (Å²) < 4.78 is 5.26. The maximum absolute atomic E-state index is 12.9. The lowest BCUT2D eigenvalue weighted by Crippen LogP contribution is -2.28. The summed E-state index contributed by atoms with van der Waals surface area (Å²) in [6.45, 7) is 6.77. The number of fused-ring (bicyclic) bond motifs is 1. The van der Waals surface area contributed by atoms with E-state index in [4.69, 9.17) is 4.52 Å². The summed E-state index contributed by atoms with van der Waals surface area (Å²) >= 11 is 0. The molecule has 0 aliphatic carbocycles. The number of hydrogen-bond donors (Lipinski definition) is 1. The predicted molar refractivity (Wildman–Crippen MR) is 123 cm³/mol. The second-order valence-corrected chi connectivity index (χ2v) is 9.08. The summed E-state index contributed by atoms with van der Waals surface area (Å²) in [5, 5.41) is 6.88. The third-order valence-corrected chi connectivity index (χ3v) is 5.48. The van der Waals surface area contributed by atoms with Crippen molar-refractivity contribution in [1.82, 2.24) is 10.1 Å². The average molecular weight is 433 g/mol. The Balaban J connectivity index is 1.28. The Hall–Kier alpha value is -3.48. The maximum Gasteiger partial charge on any atom is 0.258 e. The Labute approximate surface area is 187 Å². The Kier molecular flexibility index (Phi) is 6.08. The maximum atomic E-state index is 12.9. The molecular formula is C25H28N4O3. The van der Waals surface area contributed by atoms with Crippen molar-refractivity contribution < 1.29 is 14.1 Å². The van der Waals surface area contributed by atoms with Crippen LogP contribution in [0.4, 0.5) is 11.4 Å². The number of rotatable bonds is 6. The number of para-hydroxylation sites is 1. The molecule has 7 heteroatoms. The van der Waals surface area contributed by atoms with Crippen LogP contribution in [0.2, 0.25) is 0 Å². The third kappa shape index (κ3) is 4.88. The number of anilines is 2. The number of aryl methyl sites for hydroxylation is 1. The lowest BCUT2D eigenvalue weighted by atomic mass is 9.96. The van der Waals surface area contributed by atoms with E-state index in [-0.39, 0.29) is 17.2 Å². The van der Waals surface area contributed by atoms with Gasteiger partial charge in [-0.05, 0) is 48.7 Å². The molecule has 0 unspecified atom stereocenters. The molecule has 2 amide bonds. The highest BCUT2D eigenvalue weighted by atomic mass is 16.5. The number of amides is 2. The molecule has 1 aliphatic heterocycles. The van der Waals surface area contributed by atoms with Crippen molar-refractivity contribution in [2.75, 3.05) is 16.8 Å². The van der Waals surface area contributed by atoms with Gasteiger partial charge >= 0.3 is 0 Å². The monoisotopic (exact) mass is 432 g/mol. The Bertz CT molecular complexity index is 1110. The van der Waals surface area contributed by atoms with Crippen LogP contribution in [0.15, 0.2) is 53.1 Å². The molecule has 166 valence electrons. The number of hydrogen-bond acceptors (Lipinski definition) is 5. The van der Waals surface area contributed by atoms with Crippen molar-refractivity contribution in [3.8, 4) is 0 Å². The summed E-state index contributed by atoms with van der Waals surface area (Å²) in [6, 6.07) is 15.0. The molecule has 2 aromatic carbocycles. The van der Waals surface area contributed by atoms with Gasteiger partial charge in [-0.15, -0.1) is 0 Å². The highest BCUT2D eigenvalue weighted by Crippen LogP contribution is 2.29. The zero-order chi connectivity index (χ0) is 22.7. The molecular weight excluding hydrogens is 404 g/mol. The van der Waals surface area contributed by atoms with Gasteiger partial charge in [0.25, 0.3) is 5.91 Å². The number of nitrogens with one attached hydrogen (secondary N) is 1. The molecule has 1 aliphatic rings. The van der Waals surface area contributed by atoms with E-state index in [2.05, 4.69) is 21.5 Å². The minimum atomic E-state index is -0.162. The van der Waals surface area contributed by atoms with E-state index in [0.29, 0.717) is 48.8 Å². The van der Waals surface area contributed by atoms with E-state index in [1.54, 1.807) is 24.3 Å². The SMILES string of the molecule is CC(C)(C)c1noc(CCCC(=O)Nc2ccc(C(=O)N3CCc4ccccc43)cc2)n1. The van der Waals surface area contributed by atoms with Crippen LogP contribution in [0.1, 0.15) is 61.2 Å². The fourth-order valence-electron chi connectivity index (χ4n) is 3.69. The third-order valence-electron chi connectivity index (χ3n) is 5.48. The van der Waals surface area contributed by atoms with Crippen molar-refractivity contribution in [2.24, 2.45) is 0 Å². The van der Waals surface area contributed by atoms with Gasteiger partial charge in [0.15, 0.2) is 5.82 Å². The van der Waals surface area contributed by atoms with Crippen LogP contribution in [-0.4, -0.2) is 28.5 Å². The molecule has 4 rings (SSSR count). The Morgan fingerprint density at radius 3 is 2.56 bits per heavy atom. The molecule has 0 radical (unpaired) electrons. The second kappa shape index (κ2) is 8.94. The van der Waals surface area contributed by atoms with Crippen LogP contribution in [-0.2, 0) is 23.1 Å². The summed E-state index contributed by atoms with van der Waals surface area (Å²) in [7, 11) is 0. The van der Waals surface area contributed by atoms with Gasteiger partial charge in [-0.3, -0.25) is 9.59 Å². The quantitative estimate of drug-likeness (QED) is 0.618. The Morgan fingerprint density at radius 2 is 1.84 bits per heavy atom. The topological polar surface area (TPSA) is 88.3 Å². The molecule has 0 fully saturated rings. The van der Waals surface area contributed by atoms with Gasteiger partial charge in [0, 0.05) is 41.7 Å². The van der Waals surface area contributed by atoms with Crippen molar-refractivity contribution in [2.45, 2.75) is 51.9 Å². The Morgan fingerprint density at radius 1 is 1.09 bits per heavy atom. The summed E-state index contributed by atoms with van der Waals surface area (Å²) in [5.74, 6) is 1.10. The van der Waals surface area contributed by atoms with E-state index >= 15 is 0 Å². The van der Waals surface area contributed by atoms with Gasteiger partial charge in [-0.25, -0.2) is 0 Å². The standard InChI is InChI=1S/C25H28N4O3/c1-25(2,3)24-27-22(32-28-24)10-6-9-21(30)26-19-13-11-18(12-14-19)23(31)29-16-15-17-7-4-5-8-20(17)29/h4-5,7-8,11-14H,6,9-10,15-16H2,1-3H3,(H,26,30). The molecule has 2 heterocycles. The number of aromatic nitrogens is 2. The first-order valence-electron chi connectivity index (χ1n) is 10.9. The van der Waals surface area contributed by atoms with Crippen molar-refractivity contribution in [1.29, 1.82) is 0 Å². The van der Waals surface area contributed by atoms with Gasteiger partial charge in [0.2, 0.25) is 11.8 Å². The average Bonchev–Trinajstić information content (AvgIpc) is 3.41. The number of carbonyl (C=O) groups excluding carboxylic acids is 2. The molecule has 32 heavy (non-hydrogen) atoms. The van der Waals surface area contributed by atoms with Gasteiger partial charge in [-0.2, -0.15) is 4.98 Å². The molecule has 0 atom stereocenters. The van der Waals surface area contributed by atoms with Crippen molar-refractivity contribution in [3.63, 3.8) is 0 Å². The van der Waals surface area contributed by atoms with Crippen LogP contribution >= 0.6 is 0 Å². The highest BCUT2D eigenvalue weighted by Gasteiger charge is 2.25. The molecule has 0 saturated heterocycles. The van der Waals surface area contributed by atoms with E-state index in [1.165, 1.54) is 5.56 Å². The molecule has 0 bridgehead atoms. The zero-order valence-electron chi connectivity index (χ0n) is 18.7. The van der Waals surface area contributed by atoms with Crippen LogP contribution in [0.3, 0.4) is 0 Å². The fourth-order valence-corrected chi connectivity index (χ4v) is 3.69. The molecule has 1 aromatic heterocycles. The zero-order valence-corrected chi connectivity index (χ0v) is 18.7. The van der Waals surface area contributed by atoms with Crippen molar-refractivity contribution >= 4 is 23.2 Å². The first kappa shape index (κ1) is 21.7. The molecule has 0 saturated carbocycles. The lowest BCUT2D eigenvalue weighted by Gasteiger charge is -2.17. The van der Waals surface area contributed by atoms with Gasteiger partial charge < -0.3 is 14.7 Å². The fraction of sp³-hybridized carbons (Fsp3) is 0.360. The number of carbonyl (C=O) groups is 2. The van der Waals surface area contributed by atoms with E-state index in [9.17, 15) is 9.59 Å². The minimum Gasteiger partial charge on any atom is -0.339 e. The van der Waals surface area contributed by atoms with E-state index in [0.717, 1.165) is 12.1 Å². The highest BCUT2D eigenvalue weighted by molar-refractivity contribution is 6.07. The summed E-state index contributed by atoms with van der Waals surface area (Å²) in [6.07, 6.45) is 2.39. The second-order valence-electron chi connectivity index (χ2n) is 9.08.